The highest BCUT2D eigenvalue weighted by Crippen LogP contribution is 2.29. The molecule has 76 valence electrons. The molecule has 0 aromatic carbocycles. The summed E-state index contributed by atoms with van der Waals surface area (Å²) in [5, 5.41) is 3.75. The lowest BCUT2D eigenvalue weighted by molar-refractivity contribution is 0.264. The predicted molar refractivity (Wildman–Crippen MR) is 56.8 cm³/mol. The molecule has 1 N–H and O–H groups in total. The lowest BCUT2D eigenvalue weighted by atomic mass is 9.82. The first-order valence-electron chi connectivity index (χ1n) is 6.20. The normalized spacial score (nSPS) is 32.8. The molecular formula is C12H23N. The Bertz CT molecular complexity index is 130. The van der Waals surface area contributed by atoms with E-state index in [0.29, 0.717) is 0 Å². The highest BCUT2D eigenvalue weighted by Gasteiger charge is 2.23. The summed E-state index contributed by atoms with van der Waals surface area (Å²) >= 11 is 0. The van der Waals surface area contributed by atoms with E-state index in [1.165, 1.54) is 64.3 Å². The summed E-state index contributed by atoms with van der Waals surface area (Å²) in [4.78, 5) is 0. The van der Waals surface area contributed by atoms with Crippen LogP contribution in [0.15, 0.2) is 0 Å². The standard InChI is InChI=1S/C12H23N/c1-3-7-11(8-4-1)12-9-5-2-6-10-13-12/h11-13H,1-10H2. The van der Waals surface area contributed by atoms with Crippen molar-refractivity contribution >= 4 is 0 Å². The molecule has 2 rings (SSSR count). The van der Waals surface area contributed by atoms with Crippen molar-refractivity contribution in [1.82, 2.24) is 5.32 Å². The first-order chi connectivity index (χ1) is 6.47. The van der Waals surface area contributed by atoms with E-state index in [2.05, 4.69) is 5.32 Å². The predicted octanol–water partition coefficient (Wildman–Crippen LogP) is 3.10. The second kappa shape index (κ2) is 4.99. The number of hydrogen-bond acceptors (Lipinski definition) is 1. The fraction of sp³-hybridized carbons (Fsp3) is 1.00. The minimum absolute atomic E-state index is 0.878. The van der Waals surface area contributed by atoms with Gasteiger partial charge in [-0.2, -0.15) is 0 Å². The zero-order valence-electron chi connectivity index (χ0n) is 8.73. The van der Waals surface area contributed by atoms with Gasteiger partial charge in [-0.15, -0.1) is 0 Å². The highest BCUT2D eigenvalue weighted by atomic mass is 14.9. The zero-order chi connectivity index (χ0) is 8.93. The third kappa shape index (κ3) is 2.70. The molecule has 0 bridgehead atoms. The second-order valence-corrected chi connectivity index (χ2v) is 4.81. The Morgan fingerprint density at radius 3 is 2.23 bits per heavy atom. The van der Waals surface area contributed by atoms with E-state index in [1.54, 1.807) is 0 Å². The molecule has 1 saturated carbocycles. The fourth-order valence-corrected chi connectivity index (χ4v) is 2.99. The van der Waals surface area contributed by atoms with Gasteiger partial charge in [0.2, 0.25) is 0 Å². The maximum Gasteiger partial charge on any atom is 0.00953 e. The molecule has 2 fully saturated rings. The van der Waals surface area contributed by atoms with Crippen molar-refractivity contribution in [1.29, 1.82) is 0 Å². The van der Waals surface area contributed by atoms with Crippen LogP contribution in [0.5, 0.6) is 0 Å². The molecule has 1 aliphatic heterocycles. The molecule has 0 spiro atoms. The van der Waals surface area contributed by atoms with Crippen LogP contribution in [0.3, 0.4) is 0 Å². The summed E-state index contributed by atoms with van der Waals surface area (Å²) in [6.45, 7) is 1.28. The number of rotatable bonds is 1. The monoisotopic (exact) mass is 181 g/mol. The van der Waals surface area contributed by atoms with Gasteiger partial charge in [-0.1, -0.05) is 32.1 Å². The number of nitrogens with one attached hydrogen (secondary N) is 1. The lowest BCUT2D eigenvalue weighted by Crippen LogP contribution is -2.36. The van der Waals surface area contributed by atoms with Crippen LogP contribution >= 0.6 is 0 Å². The molecule has 1 atom stereocenters. The van der Waals surface area contributed by atoms with Gasteiger partial charge in [-0.05, 0) is 38.1 Å². The third-order valence-electron chi connectivity index (χ3n) is 3.82. The van der Waals surface area contributed by atoms with Crippen molar-refractivity contribution in [3.05, 3.63) is 0 Å². The molecule has 1 heteroatoms. The van der Waals surface area contributed by atoms with E-state index >= 15 is 0 Å². The Hall–Kier alpha value is -0.0400. The Balaban J connectivity index is 1.82. The van der Waals surface area contributed by atoms with Crippen molar-refractivity contribution in [2.75, 3.05) is 6.54 Å². The van der Waals surface area contributed by atoms with E-state index in [9.17, 15) is 0 Å². The van der Waals surface area contributed by atoms with Crippen LogP contribution < -0.4 is 5.32 Å². The van der Waals surface area contributed by atoms with Crippen LogP contribution in [0, 0.1) is 5.92 Å². The number of hydrogen-bond donors (Lipinski definition) is 1. The molecule has 2 aliphatic rings. The van der Waals surface area contributed by atoms with E-state index in [1.807, 2.05) is 0 Å². The largest absolute Gasteiger partial charge is 0.314 e. The van der Waals surface area contributed by atoms with Gasteiger partial charge >= 0.3 is 0 Å². The van der Waals surface area contributed by atoms with Crippen LogP contribution in [0.25, 0.3) is 0 Å². The van der Waals surface area contributed by atoms with Crippen LogP contribution in [-0.4, -0.2) is 12.6 Å². The fourth-order valence-electron chi connectivity index (χ4n) is 2.99. The van der Waals surface area contributed by atoms with Gasteiger partial charge in [0.1, 0.15) is 0 Å². The minimum Gasteiger partial charge on any atom is -0.314 e. The van der Waals surface area contributed by atoms with Gasteiger partial charge in [-0.3, -0.25) is 0 Å². The first-order valence-corrected chi connectivity index (χ1v) is 6.20. The van der Waals surface area contributed by atoms with E-state index in [4.69, 9.17) is 0 Å². The molecule has 0 amide bonds. The quantitative estimate of drug-likeness (QED) is 0.655. The zero-order valence-corrected chi connectivity index (χ0v) is 8.73. The van der Waals surface area contributed by atoms with Gasteiger partial charge < -0.3 is 5.32 Å². The maximum absolute atomic E-state index is 3.75. The average Bonchev–Trinajstić information content (AvgIpc) is 2.47. The Morgan fingerprint density at radius 2 is 1.38 bits per heavy atom. The summed E-state index contributed by atoms with van der Waals surface area (Å²) in [7, 11) is 0. The molecule has 13 heavy (non-hydrogen) atoms. The van der Waals surface area contributed by atoms with Crippen molar-refractivity contribution in [2.24, 2.45) is 5.92 Å². The topological polar surface area (TPSA) is 12.0 Å². The molecule has 1 unspecified atom stereocenters. The van der Waals surface area contributed by atoms with Crippen LogP contribution in [-0.2, 0) is 0 Å². The van der Waals surface area contributed by atoms with Crippen LogP contribution in [0.1, 0.15) is 57.8 Å². The Morgan fingerprint density at radius 1 is 0.692 bits per heavy atom. The first kappa shape index (κ1) is 9.51. The van der Waals surface area contributed by atoms with Gasteiger partial charge in [-0.25, -0.2) is 0 Å². The molecule has 1 heterocycles. The Labute approximate surface area is 82.3 Å². The second-order valence-electron chi connectivity index (χ2n) is 4.81. The molecule has 1 nitrogen and oxygen atoms in total. The highest BCUT2D eigenvalue weighted by molar-refractivity contribution is 4.80. The van der Waals surface area contributed by atoms with Gasteiger partial charge in [0.05, 0.1) is 0 Å². The molecule has 0 aromatic heterocycles. The lowest BCUT2D eigenvalue weighted by Gasteiger charge is -2.30. The van der Waals surface area contributed by atoms with Crippen LogP contribution in [0.4, 0.5) is 0 Å². The summed E-state index contributed by atoms with van der Waals surface area (Å²) in [5.41, 5.74) is 0. The van der Waals surface area contributed by atoms with E-state index in [-0.39, 0.29) is 0 Å². The van der Waals surface area contributed by atoms with Crippen molar-refractivity contribution in [3.63, 3.8) is 0 Å². The Kier molecular flexibility index (Phi) is 3.65. The third-order valence-corrected chi connectivity index (χ3v) is 3.82. The SMILES string of the molecule is C1CCC(C2CCCCCN2)CC1. The summed E-state index contributed by atoms with van der Waals surface area (Å²) < 4.78 is 0. The molecule has 1 saturated heterocycles. The maximum atomic E-state index is 3.75. The van der Waals surface area contributed by atoms with E-state index in [0.717, 1.165) is 12.0 Å². The smallest absolute Gasteiger partial charge is 0.00953 e. The van der Waals surface area contributed by atoms with Gasteiger partial charge in [0.25, 0.3) is 0 Å². The van der Waals surface area contributed by atoms with Gasteiger partial charge in [0, 0.05) is 6.04 Å². The van der Waals surface area contributed by atoms with Crippen molar-refractivity contribution in [2.45, 2.75) is 63.8 Å². The molecule has 0 aromatic rings. The summed E-state index contributed by atoms with van der Waals surface area (Å²) in [6, 6.07) is 0.878. The summed E-state index contributed by atoms with van der Waals surface area (Å²) in [5.74, 6) is 1.02. The van der Waals surface area contributed by atoms with Crippen LogP contribution in [0.2, 0.25) is 0 Å². The molecule has 1 aliphatic carbocycles. The molecule has 0 radical (unpaired) electrons. The van der Waals surface area contributed by atoms with Gasteiger partial charge in [0.15, 0.2) is 0 Å². The van der Waals surface area contributed by atoms with E-state index < -0.39 is 0 Å². The molecular weight excluding hydrogens is 158 g/mol. The van der Waals surface area contributed by atoms with Crippen molar-refractivity contribution in [3.8, 4) is 0 Å². The van der Waals surface area contributed by atoms with Crippen molar-refractivity contribution < 1.29 is 0 Å². The average molecular weight is 181 g/mol. The minimum atomic E-state index is 0.878. The summed E-state index contributed by atoms with van der Waals surface area (Å²) in [6.07, 6.45) is 13.2.